The maximum absolute atomic E-state index is 10.8. The Bertz CT molecular complexity index is 556. The van der Waals surface area contributed by atoms with E-state index in [4.69, 9.17) is 10.8 Å². The Morgan fingerprint density at radius 2 is 1.88 bits per heavy atom. The topological polar surface area (TPSA) is 63.3 Å². The highest BCUT2D eigenvalue weighted by Gasteiger charge is 2.26. The zero-order valence-electron chi connectivity index (χ0n) is 9.68. The fourth-order valence-corrected chi connectivity index (χ4v) is 2.13. The summed E-state index contributed by atoms with van der Waals surface area (Å²) in [5, 5.41) is 11.0. The van der Waals surface area contributed by atoms with Gasteiger partial charge < -0.3 is 10.8 Å². The van der Waals surface area contributed by atoms with Crippen molar-refractivity contribution >= 4 is 16.7 Å². The number of carbonyl (C=O) groups is 1. The number of nitrogens with two attached hydrogens (primary N) is 1. The fourth-order valence-electron chi connectivity index (χ4n) is 2.13. The number of carboxylic acids is 1. The van der Waals surface area contributed by atoms with Crippen LogP contribution >= 0.6 is 0 Å². The largest absolute Gasteiger partial charge is 0.481 e. The molecule has 88 valence electrons. The molecule has 1 atom stereocenters. The van der Waals surface area contributed by atoms with Crippen molar-refractivity contribution in [3.63, 3.8) is 0 Å². The predicted molar refractivity (Wildman–Crippen MR) is 67.7 cm³/mol. The lowest BCUT2D eigenvalue weighted by atomic mass is 9.86. The van der Waals surface area contributed by atoms with Crippen molar-refractivity contribution in [3.8, 4) is 0 Å². The van der Waals surface area contributed by atoms with E-state index in [1.165, 1.54) is 0 Å². The molecular formula is C14H15NO2. The van der Waals surface area contributed by atoms with Crippen LogP contribution in [0.15, 0.2) is 42.5 Å². The van der Waals surface area contributed by atoms with Gasteiger partial charge in [-0.2, -0.15) is 0 Å². The second-order valence-electron chi connectivity index (χ2n) is 4.51. The molecule has 0 bridgehead atoms. The molecule has 0 radical (unpaired) electrons. The number of hydrogen-bond acceptors (Lipinski definition) is 2. The molecule has 0 heterocycles. The van der Waals surface area contributed by atoms with Crippen molar-refractivity contribution in [2.24, 2.45) is 5.73 Å². The summed E-state index contributed by atoms with van der Waals surface area (Å²) < 4.78 is 0. The summed E-state index contributed by atoms with van der Waals surface area (Å²) >= 11 is 0. The monoisotopic (exact) mass is 229 g/mol. The minimum atomic E-state index is -0.886. The molecule has 2 rings (SSSR count). The normalized spacial score (nSPS) is 14.5. The Labute approximate surface area is 99.9 Å². The second kappa shape index (κ2) is 4.18. The van der Waals surface area contributed by atoms with Crippen molar-refractivity contribution in [2.45, 2.75) is 18.9 Å². The molecule has 17 heavy (non-hydrogen) atoms. The molecule has 2 aromatic carbocycles. The summed E-state index contributed by atoms with van der Waals surface area (Å²) in [7, 11) is 0. The molecule has 3 N–H and O–H groups in total. The average Bonchev–Trinajstić information content (AvgIpc) is 2.26. The molecule has 0 saturated heterocycles. The van der Waals surface area contributed by atoms with Crippen LogP contribution in [0.4, 0.5) is 0 Å². The van der Waals surface area contributed by atoms with E-state index in [0.717, 1.165) is 16.3 Å². The SMILES string of the molecule is CC(N)(CC(=O)O)c1cccc2ccccc12. The van der Waals surface area contributed by atoms with Crippen LogP contribution in [0.3, 0.4) is 0 Å². The molecule has 0 fully saturated rings. The highest BCUT2D eigenvalue weighted by atomic mass is 16.4. The van der Waals surface area contributed by atoms with E-state index in [2.05, 4.69) is 0 Å². The summed E-state index contributed by atoms with van der Waals surface area (Å²) in [5.74, 6) is -0.886. The van der Waals surface area contributed by atoms with Crippen molar-refractivity contribution in [2.75, 3.05) is 0 Å². The minimum absolute atomic E-state index is 0.0823. The molecule has 0 aromatic heterocycles. The van der Waals surface area contributed by atoms with Crippen LogP contribution in [0.1, 0.15) is 18.9 Å². The number of carboxylic acid groups (broad SMARTS) is 1. The van der Waals surface area contributed by atoms with E-state index in [9.17, 15) is 4.79 Å². The van der Waals surface area contributed by atoms with Gasteiger partial charge in [0.2, 0.25) is 0 Å². The zero-order valence-corrected chi connectivity index (χ0v) is 9.68. The molecule has 1 unspecified atom stereocenters. The first kappa shape index (κ1) is 11.6. The number of rotatable bonds is 3. The van der Waals surface area contributed by atoms with Crippen molar-refractivity contribution < 1.29 is 9.90 Å². The smallest absolute Gasteiger partial charge is 0.305 e. The molecule has 0 aliphatic rings. The molecule has 3 nitrogen and oxygen atoms in total. The van der Waals surface area contributed by atoms with Gasteiger partial charge in [0.15, 0.2) is 0 Å². The first-order valence-electron chi connectivity index (χ1n) is 5.49. The second-order valence-corrected chi connectivity index (χ2v) is 4.51. The highest BCUT2D eigenvalue weighted by Crippen LogP contribution is 2.29. The van der Waals surface area contributed by atoms with E-state index < -0.39 is 11.5 Å². The average molecular weight is 229 g/mol. The molecular weight excluding hydrogens is 214 g/mol. The summed E-state index contributed by atoms with van der Waals surface area (Å²) in [4.78, 5) is 10.8. The number of hydrogen-bond donors (Lipinski definition) is 2. The quantitative estimate of drug-likeness (QED) is 0.849. The van der Waals surface area contributed by atoms with Gasteiger partial charge in [0.1, 0.15) is 0 Å². The van der Waals surface area contributed by atoms with Crippen molar-refractivity contribution in [1.82, 2.24) is 0 Å². The number of benzene rings is 2. The van der Waals surface area contributed by atoms with Gasteiger partial charge >= 0.3 is 5.97 Å². The third kappa shape index (κ3) is 2.29. The summed E-state index contributed by atoms with van der Waals surface area (Å²) in [6.07, 6.45) is -0.0823. The number of fused-ring (bicyclic) bond motifs is 1. The van der Waals surface area contributed by atoms with Gasteiger partial charge in [-0.3, -0.25) is 4.79 Å². The molecule has 0 aliphatic carbocycles. The Morgan fingerprint density at radius 1 is 1.24 bits per heavy atom. The first-order chi connectivity index (χ1) is 8.00. The Kier molecular flexibility index (Phi) is 2.86. The van der Waals surface area contributed by atoms with E-state index >= 15 is 0 Å². The van der Waals surface area contributed by atoms with Crippen LogP contribution in [-0.4, -0.2) is 11.1 Å². The third-order valence-corrected chi connectivity index (χ3v) is 2.92. The van der Waals surface area contributed by atoms with Crippen LogP contribution in [-0.2, 0) is 10.3 Å². The van der Waals surface area contributed by atoms with Crippen molar-refractivity contribution in [3.05, 3.63) is 48.0 Å². The lowest BCUT2D eigenvalue weighted by molar-refractivity contribution is -0.138. The highest BCUT2D eigenvalue weighted by molar-refractivity contribution is 5.87. The third-order valence-electron chi connectivity index (χ3n) is 2.92. The van der Waals surface area contributed by atoms with Gasteiger partial charge in [-0.25, -0.2) is 0 Å². The molecule has 0 spiro atoms. The zero-order chi connectivity index (χ0) is 12.5. The van der Waals surface area contributed by atoms with E-state index in [1.54, 1.807) is 6.92 Å². The van der Waals surface area contributed by atoms with E-state index in [0.29, 0.717) is 0 Å². The molecule has 2 aromatic rings. The van der Waals surface area contributed by atoms with Crippen LogP contribution in [0.5, 0.6) is 0 Å². The van der Waals surface area contributed by atoms with E-state index in [1.807, 2.05) is 42.5 Å². The lowest BCUT2D eigenvalue weighted by Gasteiger charge is -2.24. The summed E-state index contributed by atoms with van der Waals surface area (Å²) in [6.45, 7) is 1.75. The Morgan fingerprint density at radius 3 is 2.59 bits per heavy atom. The summed E-state index contributed by atoms with van der Waals surface area (Å²) in [6, 6.07) is 13.7. The predicted octanol–water partition coefficient (Wildman–Crippen LogP) is 2.49. The molecule has 0 saturated carbocycles. The van der Waals surface area contributed by atoms with Crippen LogP contribution in [0.2, 0.25) is 0 Å². The van der Waals surface area contributed by atoms with Gasteiger partial charge in [-0.05, 0) is 23.3 Å². The van der Waals surface area contributed by atoms with Gasteiger partial charge in [0.05, 0.1) is 6.42 Å². The maximum Gasteiger partial charge on any atom is 0.305 e. The standard InChI is InChI=1S/C14H15NO2/c1-14(15,9-13(16)17)12-8-4-6-10-5-2-3-7-11(10)12/h2-8H,9,15H2,1H3,(H,16,17). The number of aliphatic carboxylic acids is 1. The summed E-state index contributed by atoms with van der Waals surface area (Å²) in [5.41, 5.74) is 6.14. The minimum Gasteiger partial charge on any atom is -0.481 e. The molecule has 3 heteroatoms. The fraction of sp³-hybridized carbons (Fsp3) is 0.214. The van der Waals surface area contributed by atoms with Gasteiger partial charge in [-0.1, -0.05) is 42.5 Å². The van der Waals surface area contributed by atoms with Crippen molar-refractivity contribution in [1.29, 1.82) is 0 Å². The maximum atomic E-state index is 10.8. The van der Waals surface area contributed by atoms with Crippen LogP contribution < -0.4 is 5.73 Å². The van der Waals surface area contributed by atoms with Crippen LogP contribution in [0, 0.1) is 0 Å². The van der Waals surface area contributed by atoms with Gasteiger partial charge in [0.25, 0.3) is 0 Å². The molecule has 0 amide bonds. The van der Waals surface area contributed by atoms with Crippen LogP contribution in [0.25, 0.3) is 10.8 Å². The van der Waals surface area contributed by atoms with Gasteiger partial charge in [0, 0.05) is 5.54 Å². The molecule has 0 aliphatic heterocycles. The first-order valence-corrected chi connectivity index (χ1v) is 5.49. The lowest BCUT2D eigenvalue weighted by Crippen LogP contribution is -2.35. The van der Waals surface area contributed by atoms with Gasteiger partial charge in [-0.15, -0.1) is 0 Å². The Balaban J connectivity index is 2.58. The van der Waals surface area contributed by atoms with E-state index in [-0.39, 0.29) is 6.42 Å². The Hall–Kier alpha value is -1.87.